The van der Waals surface area contributed by atoms with Crippen LogP contribution in [0.25, 0.3) is 0 Å². The highest BCUT2D eigenvalue weighted by atomic mass is 35.5. The summed E-state index contributed by atoms with van der Waals surface area (Å²) in [5.74, 6) is -4.02. The van der Waals surface area contributed by atoms with Crippen molar-refractivity contribution in [2.24, 2.45) is 17.8 Å². The van der Waals surface area contributed by atoms with Crippen molar-refractivity contribution in [1.29, 1.82) is 0 Å². The van der Waals surface area contributed by atoms with Gasteiger partial charge >= 0.3 is 11.9 Å². The molecule has 2 aliphatic rings. The van der Waals surface area contributed by atoms with Crippen molar-refractivity contribution < 1.29 is 57.4 Å². The molecule has 68 heavy (non-hydrogen) atoms. The Bertz CT molecular complexity index is 2530. The lowest BCUT2D eigenvalue weighted by atomic mass is 9.82. The number of benzene rings is 4. The minimum Gasteiger partial charge on any atom is -0.469 e. The number of methoxy groups -OCH3 is 2. The number of ketones is 6. The SMILES string of the molecule is COC(=O)[C@H](CCC(=O)Nc1ccc2c(c1)C(=O)c1ccc(CC(=O)CN[C@@H](C(=O)OC)C(C)C)cc1C2=O)C(C)C.O=C(CCl)Cc1ccc2c(c1)C(=O)c1ccc(NC(=O)CCl)cc1C2=O. The van der Waals surface area contributed by atoms with Crippen LogP contribution in [0.15, 0.2) is 72.8 Å². The Kier molecular flexibility index (Phi) is 18.0. The Morgan fingerprint density at radius 1 is 0.515 bits per heavy atom. The average Bonchev–Trinajstić information content (AvgIpc) is 3.32. The molecule has 0 unspecified atom stereocenters. The van der Waals surface area contributed by atoms with Crippen molar-refractivity contribution >= 4 is 93.0 Å². The maximum absolute atomic E-state index is 13.3. The number of ether oxygens (including phenoxy) is 2. The standard InChI is InChI=1S/C32H38N2O8.C19H13Cl2NO4/c1-17(2)22(31(39)41-5)11-12-27(36)34-20-8-10-24-26(15-20)30(38)23-9-7-19(14-25(23)29(24)37)13-21(35)16-33-28(18(3)4)32(40)42-6;20-8-12(23)5-10-1-3-13-15(6-10)18(25)14-4-2-11(22-17(24)9-21)7-16(14)19(13)26/h7-10,14-15,17-18,22,28,33H,11-13,16H2,1-6H3,(H,34,36);1-4,6-7H,5,8-9H2,(H,22,24)/t22-,28-;/m1./s1. The van der Waals surface area contributed by atoms with Crippen molar-refractivity contribution in [1.82, 2.24) is 5.32 Å². The third-order valence-electron chi connectivity index (χ3n) is 11.4. The van der Waals surface area contributed by atoms with E-state index < -0.39 is 23.8 Å². The molecule has 0 aliphatic heterocycles. The van der Waals surface area contributed by atoms with Gasteiger partial charge < -0.3 is 20.1 Å². The van der Waals surface area contributed by atoms with Crippen LogP contribution in [0, 0.1) is 17.8 Å². The highest BCUT2D eigenvalue weighted by Gasteiger charge is 2.32. The molecule has 0 bridgehead atoms. The number of hydrogen-bond donors (Lipinski definition) is 3. The molecule has 6 rings (SSSR count). The first-order valence-corrected chi connectivity index (χ1v) is 22.8. The van der Waals surface area contributed by atoms with E-state index in [1.54, 1.807) is 42.5 Å². The quantitative estimate of drug-likeness (QED) is 0.0618. The Balaban J connectivity index is 0.000000283. The normalized spacial score (nSPS) is 13.2. The first kappa shape index (κ1) is 52.3. The first-order valence-electron chi connectivity index (χ1n) is 21.7. The topological polar surface area (TPSA) is 225 Å². The number of Topliss-reactive ketones (excluding diaryl/α,β-unsaturated/α-hetero) is 2. The summed E-state index contributed by atoms with van der Waals surface area (Å²) >= 11 is 11.0. The maximum Gasteiger partial charge on any atom is 0.323 e. The summed E-state index contributed by atoms with van der Waals surface area (Å²) in [7, 11) is 2.61. The van der Waals surface area contributed by atoms with Gasteiger partial charge in [-0.1, -0.05) is 52.0 Å². The van der Waals surface area contributed by atoms with Gasteiger partial charge in [0.25, 0.3) is 0 Å². The molecule has 0 aromatic heterocycles. The zero-order chi connectivity index (χ0) is 50.0. The van der Waals surface area contributed by atoms with Gasteiger partial charge in [0.15, 0.2) is 34.7 Å². The molecule has 0 fully saturated rings. The third-order valence-corrected chi connectivity index (χ3v) is 12.0. The van der Waals surface area contributed by atoms with Gasteiger partial charge in [0, 0.05) is 75.1 Å². The number of amides is 2. The summed E-state index contributed by atoms with van der Waals surface area (Å²) in [4.78, 5) is 124. The molecule has 15 nitrogen and oxygen atoms in total. The molecule has 4 aromatic rings. The minimum absolute atomic E-state index is 0.0109. The number of esters is 2. The van der Waals surface area contributed by atoms with E-state index >= 15 is 0 Å². The monoisotopic (exact) mass is 967 g/mol. The van der Waals surface area contributed by atoms with Crippen LogP contribution in [0.2, 0.25) is 0 Å². The lowest BCUT2D eigenvalue weighted by Gasteiger charge is -2.20. The molecular weight excluding hydrogens is 917 g/mol. The van der Waals surface area contributed by atoms with Crippen molar-refractivity contribution in [3.63, 3.8) is 0 Å². The summed E-state index contributed by atoms with van der Waals surface area (Å²) in [6.07, 6.45) is 0.521. The van der Waals surface area contributed by atoms with Crippen LogP contribution in [0.5, 0.6) is 0 Å². The average molecular weight is 969 g/mol. The molecule has 4 aromatic carbocycles. The van der Waals surface area contributed by atoms with Crippen LogP contribution in [-0.4, -0.2) is 97.0 Å². The highest BCUT2D eigenvalue weighted by Crippen LogP contribution is 2.32. The van der Waals surface area contributed by atoms with E-state index in [0.717, 1.165) is 0 Å². The molecule has 0 saturated heterocycles. The van der Waals surface area contributed by atoms with E-state index in [1.807, 2.05) is 27.7 Å². The predicted molar refractivity (Wildman–Crippen MR) is 254 cm³/mol. The number of alkyl halides is 2. The number of carbonyl (C=O) groups excluding carboxylic acids is 10. The molecule has 2 atom stereocenters. The Morgan fingerprint density at radius 3 is 1.35 bits per heavy atom. The summed E-state index contributed by atoms with van der Waals surface area (Å²) in [6, 6.07) is 17.9. The fraction of sp³-hybridized carbons (Fsp3) is 0.333. The van der Waals surface area contributed by atoms with Crippen LogP contribution in [0.3, 0.4) is 0 Å². The predicted octanol–water partition coefficient (Wildman–Crippen LogP) is 6.51. The molecule has 2 aliphatic carbocycles. The van der Waals surface area contributed by atoms with E-state index in [2.05, 4.69) is 16.0 Å². The fourth-order valence-electron chi connectivity index (χ4n) is 7.86. The minimum atomic E-state index is -0.621. The molecule has 0 radical (unpaired) electrons. The first-order chi connectivity index (χ1) is 32.3. The van der Waals surface area contributed by atoms with Gasteiger partial charge in [0.2, 0.25) is 11.8 Å². The number of halogens is 2. The van der Waals surface area contributed by atoms with Gasteiger partial charge in [-0.3, -0.25) is 53.3 Å². The van der Waals surface area contributed by atoms with E-state index in [0.29, 0.717) is 28.9 Å². The van der Waals surface area contributed by atoms with E-state index in [-0.39, 0.29) is 140 Å². The molecule has 0 spiro atoms. The maximum atomic E-state index is 13.3. The fourth-order valence-corrected chi connectivity index (χ4v) is 8.02. The molecule has 356 valence electrons. The van der Waals surface area contributed by atoms with Gasteiger partial charge in [0.05, 0.1) is 32.6 Å². The van der Waals surface area contributed by atoms with Crippen LogP contribution in [0.4, 0.5) is 11.4 Å². The number of hydrogen-bond acceptors (Lipinski definition) is 13. The van der Waals surface area contributed by atoms with Crippen LogP contribution in [-0.2, 0) is 51.1 Å². The Labute approximate surface area is 403 Å². The van der Waals surface area contributed by atoms with Gasteiger partial charge in [-0.05, 0) is 77.9 Å². The number of anilines is 2. The van der Waals surface area contributed by atoms with E-state index in [9.17, 15) is 47.9 Å². The molecule has 0 heterocycles. The molecule has 0 saturated carbocycles. The lowest BCUT2D eigenvalue weighted by Crippen LogP contribution is -2.44. The second-order valence-electron chi connectivity index (χ2n) is 16.9. The molecule has 17 heteroatoms. The molecular formula is C51H51Cl2N3O12. The van der Waals surface area contributed by atoms with Gasteiger partial charge in [0.1, 0.15) is 11.9 Å². The van der Waals surface area contributed by atoms with Crippen LogP contribution in [0.1, 0.15) is 115 Å². The summed E-state index contributed by atoms with van der Waals surface area (Å²) in [5, 5.41) is 8.23. The van der Waals surface area contributed by atoms with Crippen molar-refractivity contribution in [2.75, 3.05) is 43.2 Å². The summed E-state index contributed by atoms with van der Waals surface area (Å²) in [5.41, 5.74) is 3.77. The van der Waals surface area contributed by atoms with Crippen LogP contribution >= 0.6 is 23.2 Å². The zero-order valence-corrected chi connectivity index (χ0v) is 39.9. The highest BCUT2D eigenvalue weighted by molar-refractivity contribution is 6.31. The van der Waals surface area contributed by atoms with Gasteiger partial charge in [-0.25, -0.2) is 0 Å². The number of carbonyl (C=O) groups is 10. The smallest absolute Gasteiger partial charge is 0.323 e. The van der Waals surface area contributed by atoms with Crippen molar-refractivity contribution in [2.45, 2.75) is 59.4 Å². The lowest BCUT2D eigenvalue weighted by molar-refractivity contribution is -0.147. The number of rotatable bonds is 18. The van der Waals surface area contributed by atoms with E-state index in [1.165, 1.54) is 44.6 Å². The zero-order valence-electron chi connectivity index (χ0n) is 38.3. The van der Waals surface area contributed by atoms with E-state index in [4.69, 9.17) is 32.7 Å². The second kappa shape index (κ2) is 23.4. The summed E-state index contributed by atoms with van der Waals surface area (Å²) in [6.45, 7) is 7.40. The summed E-state index contributed by atoms with van der Waals surface area (Å²) < 4.78 is 9.61. The number of fused-ring (bicyclic) bond motifs is 4. The molecule has 2 amide bonds. The third kappa shape index (κ3) is 12.4. The van der Waals surface area contributed by atoms with Gasteiger partial charge in [-0.15, -0.1) is 23.2 Å². The van der Waals surface area contributed by atoms with Crippen molar-refractivity contribution in [3.8, 4) is 0 Å². The van der Waals surface area contributed by atoms with Crippen LogP contribution < -0.4 is 16.0 Å². The second-order valence-corrected chi connectivity index (χ2v) is 17.5. The van der Waals surface area contributed by atoms with Crippen molar-refractivity contribution in [3.05, 3.63) is 128 Å². The largest absolute Gasteiger partial charge is 0.469 e. The Hall–Kier alpha value is -6.68. The Morgan fingerprint density at radius 2 is 0.941 bits per heavy atom. The number of nitrogens with one attached hydrogen (secondary N) is 3. The van der Waals surface area contributed by atoms with Gasteiger partial charge in [-0.2, -0.15) is 0 Å². The molecule has 3 N–H and O–H groups in total.